The third kappa shape index (κ3) is 2.43. The molecule has 0 aromatic carbocycles. The van der Waals surface area contributed by atoms with Crippen LogP contribution >= 0.6 is 0 Å². The molecule has 0 atom stereocenters. The fourth-order valence-corrected chi connectivity index (χ4v) is 3.09. The van der Waals surface area contributed by atoms with Gasteiger partial charge in [-0.2, -0.15) is 5.10 Å². The van der Waals surface area contributed by atoms with Crippen molar-refractivity contribution >= 4 is 5.65 Å². The van der Waals surface area contributed by atoms with Crippen LogP contribution in [0, 0.1) is 0 Å². The van der Waals surface area contributed by atoms with E-state index in [9.17, 15) is 9.59 Å². The molecule has 1 aliphatic carbocycles. The molecule has 0 aliphatic heterocycles. The maximum absolute atomic E-state index is 12.2. The molecule has 1 aliphatic rings. The monoisotopic (exact) mass is 346 g/mol. The average molecular weight is 346 g/mol. The predicted molar refractivity (Wildman–Crippen MR) is 94.9 cm³/mol. The molecular weight excluding hydrogens is 332 g/mol. The van der Waals surface area contributed by atoms with Gasteiger partial charge in [-0.1, -0.05) is 0 Å². The third-order valence-electron chi connectivity index (χ3n) is 4.54. The minimum absolute atomic E-state index is 0.326. The minimum atomic E-state index is -0.537. The first-order valence-corrected chi connectivity index (χ1v) is 8.32. The van der Waals surface area contributed by atoms with E-state index >= 15 is 0 Å². The van der Waals surface area contributed by atoms with Crippen molar-refractivity contribution in [2.75, 3.05) is 0 Å². The second kappa shape index (κ2) is 5.48. The number of rotatable bonds is 3. The van der Waals surface area contributed by atoms with Gasteiger partial charge in [0, 0.05) is 29.7 Å². The third-order valence-corrected chi connectivity index (χ3v) is 4.54. The molecule has 5 rings (SSSR count). The van der Waals surface area contributed by atoms with Crippen molar-refractivity contribution in [1.29, 1.82) is 0 Å². The van der Waals surface area contributed by atoms with Crippen LogP contribution in [0.4, 0.5) is 0 Å². The summed E-state index contributed by atoms with van der Waals surface area (Å²) in [7, 11) is 0. The van der Waals surface area contributed by atoms with Crippen molar-refractivity contribution in [2.45, 2.75) is 18.8 Å². The van der Waals surface area contributed by atoms with Crippen LogP contribution in [0.3, 0.4) is 0 Å². The van der Waals surface area contributed by atoms with Crippen LogP contribution in [-0.2, 0) is 0 Å². The predicted octanol–water partition coefficient (Wildman–Crippen LogP) is 1.71. The molecule has 1 fully saturated rings. The summed E-state index contributed by atoms with van der Waals surface area (Å²) in [5.74, 6) is 0.425. The van der Waals surface area contributed by atoms with E-state index in [0.29, 0.717) is 17.2 Å². The fraction of sp³-hybridized carbons (Fsp3) is 0.167. The highest BCUT2D eigenvalue weighted by atomic mass is 16.2. The van der Waals surface area contributed by atoms with E-state index in [-0.39, 0.29) is 0 Å². The Bertz CT molecular complexity index is 1230. The molecule has 0 radical (unpaired) electrons. The summed E-state index contributed by atoms with van der Waals surface area (Å²) in [6.07, 6.45) is 8.88. The van der Waals surface area contributed by atoms with Gasteiger partial charge < -0.3 is 4.98 Å². The van der Waals surface area contributed by atoms with Crippen molar-refractivity contribution in [3.63, 3.8) is 0 Å². The Kier molecular flexibility index (Phi) is 3.11. The summed E-state index contributed by atoms with van der Waals surface area (Å²) in [4.78, 5) is 37.0. The molecule has 8 heteroatoms. The van der Waals surface area contributed by atoms with Crippen LogP contribution in [0.2, 0.25) is 0 Å². The van der Waals surface area contributed by atoms with Crippen LogP contribution < -0.4 is 11.2 Å². The van der Waals surface area contributed by atoms with Gasteiger partial charge >= 0.3 is 5.69 Å². The smallest absolute Gasteiger partial charge is 0.313 e. The summed E-state index contributed by atoms with van der Waals surface area (Å²) < 4.78 is 1.71. The highest BCUT2D eigenvalue weighted by molar-refractivity contribution is 5.67. The van der Waals surface area contributed by atoms with Gasteiger partial charge in [-0.25, -0.2) is 14.3 Å². The topological polar surface area (TPSA) is 109 Å². The van der Waals surface area contributed by atoms with E-state index in [1.807, 2.05) is 24.4 Å². The second-order valence-electron chi connectivity index (χ2n) is 6.38. The van der Waals surface area contributed by atoms with E-state index in [2.05, 4.69) is 20.1 Å². The molecule has 8 nitrogen and oxygen atoms in total. The normalized spacial score (nSPS) is 14.0. The first kappa shape index (κ1) is 14.8. The Morgan fingerprint density at radius 3 is 2.65 bits per heavy atom. The van der Waals surface area contributed by atoms with Crippen LogP contribution in [0.25, 0.3) is 28.2 Å². The number of aromatic nitrogens is 6. The van der Waals surface area contributed by atoms with Crippen molar-refractivity contribution in [3.05, 3.63) is 69.4 Å². The molecule has 0 unspecified atom stereocenters. The Balaban J connectivity index is 1.74. The average Bonchev–Trinajstić information content (AvgIpc) is 3.40. The summed E-state index contributed by atoms with van der Waals surface area (Å²) in [6, 6.07) is 5.69. The molecular formula is C18H14N6O2. The molecule has 4 aromatic heterocycles. The number of H-pyrrole nitrogens is 2. The van der Waals surface area contributed by atoms with Gasteiger partial charge in [-0.05, 0) is 37.0 Å². The molecule has 2 N–H and O–H groups in total. The van der Waals surface area contributed by atoms with E-state index in [1.54, 1.807) is 16.9 Å². The number of nitrogens with one attached hydrogen (secondary N) is 2. The number of hydrogen-bond donors (Lipinski definition) is 2. The van der Waals surface area contributed by atoms with E-state index in [1.165, 1.54) is 6.20 Å². The second-order valence-corrected chi connectivity index (χ2v) is 6.38. The Morgan fingerprint density at radius 1 is 1.12 bits per heavy atom. The van der Waals surface area contributed by atoms with Gasteiger partial charge in [0.1, 0.15) is 0 Å². The largest absolute Gasteiger partial charge is 0.325 e. The summed E-state index contributed by atoms with van der Waals surface area (Å²) in [5, 5.41) is 4.55. The maximum atomic E-state index is 12.2. The lowest BCUT2D eigenvalue weighted by Gasteiger charge is -2.05. The Morgan fingerprint density at radius 2 is 1.92 bits per heavy atom. The number of nitrogens with zero attached hydrogens (tertiary/aromatic N) is 4. The summed E-state index contributed by atoms with van der Waals surface area (Å²) >= 11 is 0. The molecule has 4 aromatic rings. The highest BCUT2D eigenvalue weighted by Crippen LogP contribution is 2.42. The number of fused-ring (bicyclic) bond motifs is 1. The number of hydrogen-bond acceptors (Lipinski definition) is 5. The standard InChI is InChI=1S/C18H14N6O2/c25-17-13(8-20-18(26)22-17)14-7-12(10-1-2-10)16-21-15(9-24(16)23-14)11-3-5-19-6-4-11/h3-10H,1-2H2,(H2,20,22,25,26). The van der Waals surface area contributed by atoms with Crippen LogP contribution in [0.5, 0.6) is 0 Å². The van der Waals surface area contributed by atoms with Crippen molar-refractivity contribution in [3.8, 4) is 22.5 Å². The molecule has 128 valence electrons. The lowest BCUT2D eigenvalue weighted by molar-refractivity contribution is 0.913. The zero-order valence-electron chi connectivity index (χ0n) is 13.6. The first-order valence-electron chi connectivity index (χ1n) is 8.32. The van der Waals surface area contributed by atoms with Gasteiger partial charge in [-0.3, -0.25) is 14.8 Å². The Labute approximate surface area is 146 Å². The highest BCUT2D eigenvalue weighted by Gasteiger charge is 2.28. The van der Waals surface area contributed by atoms with Gasteiger partial charge in [0.2, 0.25) is 0 Å². The lowest BCUT2D eigenvalue weighted by Crippen LogP contribution is -2.23. The van der Waals surface area contributed by atoms with Gasteiger partial charge in [0.25, 0.3) is 5.56 Å². The van der Waals surface area contributed by atoms with Crippen LogP contribution in [-0.4, -0.2) is 29.5 Å². The quantitative estimate of drug-likeness (QED) is 0.587. The zero-order valence-corrected chi connectivity index (χ0v) is 13.6. The van der Waals surface area contributed by atoms with E-state index in [0.717, 1.165) is 35.3 Å². The SMILES string of the molecule is O=c1[nH]cc(-c2cc(C3CC3)c3nc(-c4ccncc4)cn3n2)c(=O)[nH]1. The maximum Gasteiger partial charge on any atom is 0.325 e. The van der Waals surface area contributed by atoms with Crippen LogP contribution in [0.15, 0.2) is 52.6 Å². The number of imidazole rings is 1. The first-order chi connectivity index (χ1) is 12.7. The molecule has 4 heterocycles. The minimum Gasteiger partial charge on any atom is -0.313 e. The lowest BCUT2D eigenvalue weighted by atomic mass is 10.1. The van der Waals surface area contributed by atoms with Gasteiger partial charge in [0.05, 0.1) is 23.1 Å². The van der Waals surface area contributed by atoms with Gasteiger partial charge in [0.15, 0.2) is 5.65 Å². The fourth-order valence-electron chi connectivity index (χ4n) is 3.09. The summed E-state index contributed by atoms with van der Waals surface area (Å²) in [5.41, 5.74) is 3.46. The van der Waals surface area contributed by atoms with E-state index in [4.69, 9.17) is 4.98 Å². The molecule has 0 saturated heterocycles. The van der Waals surface area contributed by atoms with Crippen LogP contribution in [0.1, 0.15) is 24.3 Å². The number of aromatic amines is 2. The molecule has 0 spiro atoms. The van der Waals surface area contributed by atoms with Crippen molar-refractivity contribution < 1.29 is 0 Å². The molecule has 26 heavy (non-hydrogen) atoms. The van der Waals surface area contributed by atoms with Crippen molar-refractivity contribution in [2.24, 2.45) is 0 Å². The van der Waals surface area contributed by atoms with E-state index < -0.39 is 11.2 Å². The number of pyridine rings is 1. The molecule has 0 bridgehead atoms. The zero-order chi connectivity index (χ0) is 17.7. The Hall–Kier alpha value is -3.55. The molecule has 0 amide bonds. The molecule has 1 saturated carbocycles. The van der Waals surface area contributed by atoms with Crippen molar-refractivity contribution in [1.82, 2.24) is 29.5 Å². The van der Waals surface area contributed by atoms with Gasteiger partial charge in [-0.15, -0.1) is 0 Å². The summed E-state index contributed by atoms with van der Waals surface area (Å²) in [6.45, 7) is 0.